The van der Waals surface area contributed by atoms with Crippen molar-refractivity contribution in [1.29, 1.82) is 0 Å². The van der Waals surface area contributed by atoms with Gasteiger partial charge in [0.25, 0.3) is 5.89 Å². The lowest BCUT2D eigenvalue weighted by atomic mass is 10.3. The van der Waals surface area contributed by atoms with Gasteiger partial charge in [0.2, 0.25) is 0 Å². The first-order valence-electron chi connectivity index (χ1n) is 4.68. The number of aliphatic hydroxyl groups is 1. The Balaban J connectivity index is 2.36. The molecule has 0 fully saturated rings. The van der Waals surface area contributed by atoms with E-state index in [0.717, 1.165) is 11.5 Å². The zero-order chi connectivity index (χ0) is 10.6. The monoisotopic (exact) mass is 216 g/mol. The molecule has 0 radical (unpaired) electrons. The quantitative estimate of drug-likeness (QED) is 0.816. The summed E-state index contributed by atoms with van der Waals surface area (Å²) in [4.78, 5) is 4.06. The van der Waals surface area contributed by atoms with Gasteiger partial charge in [-0.15, -0.1) is 0 Å². The van der Waals surface area contributed by atoms with Crippen molar-refractivity contribution in [3.63, 3.8) is 0 Å². The van der Waals surface area contributed by atoms with Crippen LogP contribution in [-0.4, -0.2) is 21.0 Å². The highest BCUT2D eigenvalue weighted by atomic mass is 32.2. The van der Waals surface area contributed by atoms with E-state index in [0.29, 0.717) is 17.6 Å². The topological polar surface area (TPSA) is 59.2 Å². The van der Waals surface area contributed by atoms with Gasteiger partial charge in [-0.05, 0) is 18.6 Å². The second kappa shape index (κ2) is 5.36. The molecule has 0 aliphatic rings. The summed E-state index contributed by atoms with van der Waals surface area (Å²) in [5, 5.41) is 12.9. The van der Waals surface area contributed by atoms with Gasteiger partial charge in [0.05, 0.1) is 5.75 Å². The van der Waals surface area contributed by atoms with Gasteiger partial charge in [0.1, 0.15) is 6.10 Å². The lowest BCUT2D eigenvalue weighted by Gasteiger charge is -2.00. The van der Waals surface area contributed by atoms with Crippen LogP contribution in [0.2, 0.25) is 0 Å². The van der Waals surface area contributed by atoms with Crippen LogP contribution in [0.4, 0.5) is 0 Å². The number of nitrogens with zero attached hydrogens (tertiary/aromatic N) is 2. The molecule has 1 heterocycles. The van der Waals surface area contributed by atoms with Crippen molar-refractivity contribution in [1.82, 2.24) is 10.1 Å². The van der Waals surface area contributed by atoms with Crippen LogP contribution in [-0.2, 0) is 5.75 Å². The smallest absolute Gasteiger partial charge is 0.255 e. The Morgan fingerprint density at radius 1 is 1.43 bits per heavy atom. The minimum atomic E-state index is -0.675. The van der Waals surface area contributed by atoms with Gasteiger partial charge in [-0.2, -0.15) is 16.7 Å². The number of hydrogen-bond acceptors (Lipinski definition) is 5. The molecule has 1 N–H and O–H groups in total. The van der Waals surface area contributed by atoms with Crippen molar-refractivity contribution >= 4 is 11.8 Å². The maximum Gasteiger partial charge on any atom is 0.255 e. The van der Waals surface area contributed by atoms with Gasteiger partial charge in [0.15, 0.2) is 5.82 Å². The van der Waals surface area contributed by atoms with Gasteiger partial charge >= 0.3 is 0 Å². The van der Waals surface area contributed by atoms with Crippen LogP contribution in [0.3, 0.4) is 0 Å². The Morgan fingerprint density at radius 3 is 2.64 bits per heavy atom. The number of thioether (sulfide) groups is 1. The van der Waals surface area contributed by atoms with Crippen molar-refractivity contribution < 1.29 is 9.63 Å². The molecule has 0 aliphatic carbocycles. The van der Waals surface area contributed by atoms with E-state index >= 15 is 0 Å². The molecule has 1 rings (SSSR count). The van der Waals surface area contributed by atoms with Crippen molar-refractivity contribution in [2.75, 3.05) is 5.75 Å². The zero-order valence-electron chi connectivity index (χ0n) is 8.73. The minimum absolute atomic E-state index is 0.296. The summed E-state index contributed by atoms with van der Waals surface area (Å²) in [6.07, 6.45) is -0.675. The third kappa shape index (κ3) is 3.67. The number of hydrogen-bond donors (Lipinski definition) is 1. The molecule has 0 amide bonds. The fraction of sp³-hybridized carbons (Fsp3) is 0.778. The Morgan fingerprint density at radius 2 is 2.14 bits per heavy atom. The predicted molar refractivity (Wildman–Crippen MR) is 55.9 cm³/mol. The fourth-order valence-electron chi connectivity index (χ4n) is 0.882. The summed E-state index contributed by atoms with van der Waals surface area (Å²) < 4.78 is 4.86. The Labute approximate surface area is 88.1 Å². The summed E-state index contributed by atoms with van der Waals surface area (Å²) >= 11 is 1.77. The highest BCUT2D eigenvalue weighted by molar-refractivity contribution is 7.98. The van der Waals surface area contributed by atoms with Crippen LogP contribution >= 0.6 is 11.8 Å². The average molecular weight is 216 g/mol. The number of aromatic nitrogens is 2. The molecule has 0 unspecified atom stereocenters. The highest BCUT2D eigenvalue weighted by Gasteiger charge is 2.10. The Kier molecular flexibility index (Phi) is 4.41. The van der Waals surface area contributed by atoms with E-state index < -0.39 is 6.10 Å². The molecule has 0 bridgehead atoms. The lowest BCUT2D eigenvalue weighted by molar-refractivity contribution is 0.151. The summed E-state index contributed by atoms with van der Waals surface area (Å²) in [6.45, 7) is 5.95. The summed E-state index contributed by atoms with van der Waals surface area (Å²) in [5.74, 6) is 3.45. The van der Waals surface area contributed by atoms with Crippen molar-refractivity contribution in [2.45, 2.75) is 32.6 Å². The minimum Gasteiger partial charge on any atom is -0.384 e. The highest BCUT2D eigenvalue weighted by Crippen LogP contribution is 2.15. The molecule has 1 atom stereocenters. The standard InChI is InChI=1S/C9H16N2O2S/c1-6(2)4-14-5-8-10-9(7(3)12)13-11-8/h6-7,12H,4-5H2,1-3H3/t7-/m0/s1. The molecule has 1 aromatic heterocycles. The Bertz CT molecular complexity index is 274. The van der Waals surface area contributed by atoms with Crippen LogP contribution in [0.15, 0.2) is 4.52 Å². The predicted octanol–water partition coefficient (Wildman–Crippen LogP) is 2.01. The number of aliphatic hydroxyl groups excluding tert-OH is 1. The molecule has 4 nitrogen and oxygen atoms in total. The van der Waals surface area contributed by atoms with Gasteiger partial charge in [-0.3, -0.25) is 0 Å². The van der Waals surface area contributed by atoms with Gasteiger partial charge < -0.3 is 9.63 Å². The molecule has 1 aromatic rings. The summed E-state index contributed by atoms with van der Waals surface area (Å²) in [6, 6.07) is 0. The van der Waals surface area contributed by atoms with Crippen molar-refractivity contribution in [3.05, 3.63) is 11.7 Å². The lowest BCUT2D eigenvalue weighted by Crippen LogP contribution is -1.94. The van der Waals surface area contributed by atoms with E-state index in [1.54, 1.807) is 18.7 Å². The first kappa shape index (κ1) is 11.5. The normalized spacial score (nSPS) is 13.5. The SMILES string of the molecule is CC(C)CSCc1noc([C@H](C)O)n1. The molecule has 0 aliphatic heterocycles. The van der Waals surface area contributed by atoms with E-state index in [-0.39, 0.29) is 0 Å². The molecule has 14 heavy (non-hydrogen) atoms. The largest absolute Gasteiger partial charge is 0.384 e. The fourth-order valence-corrected chi connectivity index (χ4v) is 1.77. The molecule has 0 saturated heterocycles. The summed E-state index contributed by atoms with van der Waals surface area (Å²) in [5.41, 5.74) is 0. The summed E-state index contributed by atoms with van der Waals surface area (Å²) in [7, 11) is 0. The molecule has 0 spiro atoms. The maximum atomic E-state index is 9.15. The van der Waals surface area contributed by atoms with Crippen molar-refractivity contribution in [2.24, 2.45) is 5.92 Å². The Hall–Kier alpha value is -0.550. The van der Waals surface area contributed by atoms with E-state index in [1.165, 1.54) is 0 Å². The first-order chi connectivity index (χ1) is 6.59. The molecular weight excluding hydrogens is 200 g/mol. The van der Waals surface area contributed by atoms with Crippen LogP contribution in [0.1, 0.15) is 38.6 Å². The third-order valence-corrected chi connectivity index (χ3v) is 2.89. The molecule has 80 valence electrons. The molecule has 0 aromatic carbocycles. The van der Waals surface area contributed by atoms with Gasteiger partial charge in [-0.1, -0.05) is 19.0 Å². The van der Waals surface area contributed by atoms with E-state index in [1.807, 2.05) is 0 Å². The van der Waals surface area contributed by atoms with Crippen LogP contribution in [0.5, 0.6) is 0 Å². The van der Waals surface area contributed by atoms with E-state index in [2.05, 4.69) is 24.0 Å². The van der Waals surface area contributed by atoms with Crippen LogP contribution in [0, 0.1) is 5.92 Å². The number of rotatable bonds is 5. The first-order valence-corrected chi connectivity index (χ1v) is 5.83. The van der Waals surface area contributed by atoms with Crippen molar-refractivity contribution in [3.8, 4) is 0 Å². The maximum absolute atomic E-state index is 9.15. The second-order valence-electron chi connectivity index (χ2n) is 3.63. The third-order valence-electron chi connectivity index (χ3n) is 1.52. The molecule has 5 heteroatoms. The molecule has 0 saturated carbocycles. The van der Waals surface area contributed by atoms with Crippen LogP contribution in [0.25, 0.3) is 0 Å². The van der Waals surface area contributed by atoms with E-state index in [9.17, 15) is 0 Å². The van der Waals surface area contributed by atoms with Crippen LogP contribution < -0.4 is 0 Å². The van der Waals surface area contributed by atoms with Gasteiger partial charge in [0, 0.05) is 0 Å². The zero-order valence-corrected chi connectivity index (χ0v) is 9.54. The second-order valence-corrected chi connectivity index (χ2v) is 4.66. The van der Waals surface area contributed by atoms with E-state index in [4.69, 9.17) is 9.63 Å². The average Bonchev–Trinajstić information content (AvgIpc) is 2.52. The van der Waals surface area contributed by atoms with Gasteiger partial charge in [-0.25, -0.2) is 0 Å². The molecular formula is C9H16N2O2S.